The van der Waals surface area contributed by atoms with Crippen LogP contribution in [0.5, 0.6) is 5.75 Å². The van der Waals surface area contributed by atoms with Crippen molar-refractivity contribution in [2.24, 2.45) is 5.73 Å². The number of carboxylic acids is 1. The Hall–Kier alpha value is -4.00. The lowest BCUT2D eigenvalue weighted by Gasteiger charge is -2.16. The van der Waals surface area contributed by atoms with Crippen LogP contribution in [-0.2, 0) is 17.8 Å². The molecule has 0 radical (unpaired) electrons. The normalized spacial score (nSPS) is 13.2. The second-order valence-corrected chi connectivity index (χ2v) is 8.98. The van der Waals surface area contributed by atoms with Crippen molar-refractivity contribution in [3.8, 4) is 5.75 Å². The molecule has 5 nitrogen and oxygen atoms in total. The molecule has 0 bridgehead atoms. The molecule has 0 saturated heterocycles. The Morgan fingerprint density at radius 3 is 2.44 bits per heavy atom. The number of hydrogen-bond acceptors (Lipinski definition) is 3. The van der Waals surface area contributed by atoms with Crippen LogP contribution < -0.4 is 10.5 Å². The van der Waals surface area contributed by atoms with E-state index >= 15 is 0 Å². The Kier molecular flexibility index (Phi) is 7.48. The number of nitrogens with two attached hydrogens (primary N) is 1. The summed E-state index contributed by atoms with van der Waals surface area (Å²) in [6.07, 6.45) is 2.79. The van der Waals surface area contributed by atoms with Crippen LogP contribution >= 0.6 is 0 Å². The number of amides is 1. The number of halogens is 2. The van der Waals surface area contributed by atoms with Crippen molar-refractivity contribution in [2.45, 2.75) is 45.6 Å². The second-order valence-electron chi connectivity index (χ2n) is 8.98. The van der Waals surface area contributed by atoms with Crippen LogP contribution in [0.1, 0.15) is 63.9 Å². The van der Waals surface area contributed by atoms with Crippen LogP contribution in [0.4, 0.5) is 8.78 Å². The Morgan fingerprint density at radius 1 is 0.972 bits per heavy atom. The van der Waals surface area contributed by atoms with Crippen molar-refractivity contribution in [2.75, 3.05) is 0 Å². The summed E-state index contributed by atoms with van der Waals surface area (Å²) >= 11 is 0. The summed E-state index contributed by atoms with van der Waals surface area (Å²) in [6.45, 7) is 1.92. The molecule has 1 aliphatic carbocycles. The number of benzene rings is 3. The van der Waals surface area contributed by atoms with E-state index in [1.165, 1.54) is 12.1 Å². The molecular weight excluding hydrogens is 464 g/mol. The van der Waals surface area contributed by atoms with E-state index in [1.54, 1.807) is 12.1 Å². The lowest BCUT2D eigenvalue weighted by Crippen LogP contribution is -2.13. The third-order valence-electron chi connectivity index (χ3n) is 6.41. The fraction of sp³-hybridized carbons (Fsp3) is 0.241. The van der Waals surface area contributed by atoms with E-state index in [9.17, 15) is 23.5 Å². The molecule has 1 aliphatic rings. The Bertz CT molecular complexity index is 1360. The lowest BCUT2D eigenvalue weighted by atomic mass is 9.92. The number of aromatic carboxylic acids is 1. The first-order valence-corrected chi connectivity index (χ1v) is 11.8. The summed E-state index contributed by atoms with van der Waals surface area (Å²) in [5.74, 6) is -2.27. The number of carbonyl (C=O) groups excluding carboxylic acids is 1. The van der Waals surface area contributed by atoms with Crippen LogP contribution in [0.25, 0.3) is 11.1 Å². The molecule has 1 amide bonds. The second kappa shape index (κ2) is 10.7. The summed E-state index contributed by atoms with van der Waals surface area (Å²) < 4.78 is 33.4. The van der Waals surface area contributed by atoms with Gasteiger partial charge in [-0.3, -0.25) is 4.79 Å². The third-order valence-corrected chi connectivity index (χ3v) is 6.41. The van der Waals surface area contributed by atoms with Gasteiger partial charge < -0.3 is 15.6 Å². The molecule has 0 fully saturated rings. The molecule has 3 aromatic carbocycles. The van der Waals surface area contributed by atoms with Crippen molar-refractivity contribution in [1.82, 2.24) is 0 Å². The standard InChI is InChI=1S/C29H27F2NO4/c1-17-5-11-27(36-16-20-8-10-21(30)15-26(20)31)25(13-17)23-4-2-3-22(23)19-7-6-18(9-12-28(32)33)24(14-19)29(34)35/h5-8,10-11,13-15H,2-4,9,12,16H2,1H3,(H2,32,33)(H,34,35). The predicted molar refractivity (Wildman–Crippen MR) is 133 cm³/mol. The quantitative estimate of drug-likeness (QED) is 0.381. The van der Waals surface area contributed by atoms with Gasteiger partial charge in [-0.1, -0.05) is 23.8 Å². The number of rotatable bonds is 9. The zero-order valence-corrected chi connectivity index (χ0v) is 19.9. The zero-order valence-electron chi connectivity index (χ0n) is 19.9. The van der Waals surface area contributed by atoms with Crippen LogP contribution in [0.3, 0.4) is 0 Å². The molecular formula is C29H27F2NO4. The topological polar surface area (TPSA) is 89.6 Å². The number of hydrogen-bond donors (Lipinski definition) is 2. The van der Waals surface area contributed by atoms with Crippen LogP contribution in [0, 0.1) is 18.6 Å². The van der Waals surface area contributed by atoms with E-state index in [-0.39, 0.29) is 30.6 Å². The fourth-order valence-corrected chi connectivity index (χ4v) is 4.60. The third kappa shape index (κ3) is 5.62. The summed E-state index contributed by atoms with van der Waals surface area (Å²) in [6, 6.07) is 14.4. The minimum atomic E-state index is -1.06. The first-order chi connectivity index (χ1) is 17.2. The van der Waals surface area contributed by atoms with Crippen LogP contribution in [0.2, 0.25) is 0 Å². The van der Waals surface area contributed by atoms with E-state index < -0.39 is 23.5 Å². The Morgan fingerprint density at radius 2 is 1.72 bits per heavy atom. The molecule has 0 atom stereocenters. The number of allylic oxidation sites excluding steroid dienone is 2. The number of aryl methyl sites for hydroxylation is 2. The molecule has 3 N–H and O–H groups in total. The van der Waals surface area contributed by atoms with Gasteiger partial charge in [-0.2, -0.15) is 0 Å². The summed E-state index contributed by atoms with van der Waals surface area (Å²) in [5.41, 5.74) is 11.0. The van der Waals surface area contributed by atoms with Gasteiger partial charge in [-0.15, -0.1) is 0 Å². The highest BCUT2D eigenvalue weighted by Crippen LogP contribution is 2.43. The molecule has 0 saturated carbocycles. The van der Waals surface area contributed by atoms with Gasteiger partial charge in [0.2, 0.25) is 5.91 Å². The van der Waals surface area contributed by atoms with E-state index in [4.69, 9.17) is 10.5 Å². The van der Waals surface area contributed by atoms with E-state index in [1.807, 2.05) is 31.2 Å². The monoisotopic (exact) mass is 491 g/mol. The van der Waals surface area contributed by atoms with Gasteiger partial charge in [0, 0.05) is 23.6 Å². The Labute approximate surface area is 208 Å². The maximum absolute atomic E-state index is 14.1. The van der Waals surface area contributed by atoms with Gasteiger partial charge in [-0.25, -0.2) is 13.6 Å². The first-order valence-electron chi connectivity index (χ1n) is 11.8. The number of carbonyl (C=O) groups is 2. The average molecular weight is 492 g/mol. The molecule has 186 valence electrons. The minimum absolute atomic E-state index is 0.0531. The minimum Gasteiger partial charge on any atom is -0.488 e. The molecule has 0 unspecified atom stereocenters. The molecule has 36 heavy (non-hydrogen) atoms. The van der Waals surface area contributed by atoms with Gasteiger partial charge in [0.25, 0.3) is 0 Å². The fourth-order valence-electron chi connectivity index (χ4n) is 4.60. The van der Waals surface area contributed by atoms with Gasteiger partial charge in [0.1, 0.15) is 24.0 Å². The maximum atomic E-state index is 14.1. The van der Waals surface area contributed by atoms with Crippen molar-refractivity contribution in [3.63, 3.8) is 0 Å². The van der Waals surface area contributed by atoms with Crippen LogP contribution in [0.15, 0.2) is 54.6 Å². The lowest BCUT2D eigenvalue weighted by molar-refractivity contribution is -0.118. The molecule has 0 heterocycles. The predicted octanol–water partition coefficient (Wildman–Crippen LogP) is 6.06. The van der Waals surface area contributed by atoms with Crippen molar-refractivity contribution in [3.05, 3.63) is 99.6 Å². The number of primary amides is 1. The highest BCUT2D eigenvalue weighted by molar-refractivity contribution is 5.97. The highest BCUT2D eigenvalue weighted by Gasteiger charge is 2.23. The van der Waals surface area contributed by atoms with E-state index in [0.29, 0.717) is 11.3 Å². The van der Waals surface area contributed by atoms with E-state index in [0.717, 1.165) is 53.2 Å². The largest absolute Gasteiger partial charge is 0.488 e. The zero-order chi connectivity index (χ0) is 25.8. The maximum Gasteiger partial charge on any atom is 0.335 e. The summed E-state index contributed by atoms with van der Waals surface area (Å²) in [7, 11) is 0. The van der Waals surface area contributed by atoms with Crippen molar-refractivity contribution >= 4 is 23.0 Å². The SMILES string of the molecule is Cc1ccc(OCc2ccc(F)cc2F)c(C2=C(c3ccc(CCC(N)=O)c(C(=O)O)c3)CCC2)c1. The highest BCUT2D eigenvalue weighted by atomic mass is 19.1. The molecule has 0 aliphatic heterocycles. The average Bonchev–Trinajstić information content (AvgIpc) is 3.32. The van der Waals surface area contributed by atoms with E-state index in [2.05, 4.69) is 0 Å². The summed E-state index contributed by atoms with van der Waals surface area (Å²) in [5, 5.41) is 9.77. The Balaban J connectivity index is 1.70. The van der Waals surface area contributed by atoms with Gasteiger partial charge in [0.05, 0.1) is 5.56 Å². The summed E-state index contributed by atoms with van der Waals surface area (Å²) in [4.78, 5) is 23.1. The first kappa shape index (κ1) is 25.1. The molecule has 0 spiro atoms. The number of ether oxygens (including phenoxy) is 1. The molecule has 4 rings (SSSR count). The molecule has 0 aromatic heterocycles. The van der Waals surface area contributed by atoms with Crippen molar-refractivity contribution in [1.29, 1.82) is 0 Å². The molecule has 3 aromatic rings. The van der Waals surface area contributed by atoms with Gasteiger partial charge >= 0.3 is 5.97 Å². The number of carboxylic acid groups (broad SMARTS) is 1. The smallest absolute Gasteiger partial charge is 0.335 e. The van der Waals surface area contributed by atoms with Crippen LogP contribution in [-0.4, -0.2) is 17.0 Å². The van der Waals surface area contributed by atoms with Gasteiger partial charge in [-0.05, 0) is 85.2 Å². The molecule has 7 heteroatoms. The van der Waals surface area contributed by atoms with Gasteiger partial charge in [0.15, 0.2) is 0 Å². The van der Waals surface area contributed by atoms with Crippen molar-refractivity contribution < 1.29 is 28.2 Å².